The summed E-state index contributed by atoms with van der Waals surface area (Å²) in [4.78, 5) is 16.7. The molecule has 1 amide bonds. The Hall–Kier alpha value is -3.94. The van der Waals surface area contributed by atoms with Gasteiger partial charge in [-0.25, -0.2) is 9.07 Å². The lowest BCUT2D eigenvalue weighted by molar-refractivity contribution is 0.102. The van der Waals surface area contributed by atoms with Crippen molar-refractivity contribution >= 4 is 11.6 Å². The first kappa shape index (κ1) is 17.5. The van der Waals surface area contributed by atoms with Crippen molar-refractivity contribution in [1.82, 2.24) is 14.8 Å². The zero-order chi connectivity index (χ0) is 19.5. The molecule has 0 radical (unpaired) electrons. The largest absolute Gasteiger partial charge is 0.466 e. The summed E-state index contributed by atoms with van der Waals surface area (Å²) in [7, 11) is 1.48. The summed E-state index contributed by atoms with van der Waals surface area (Å²) in [6.45, 7) is 0. The smallest absolute Gasteiger partial charge is 0.336 e. The second kappa shape index (κ2) is 7.36. The first-order chi connectivity index (χ1) is 13.6. The van der Waals surface area contributed by atoms with Crippen molar-refractivity contribution in [3.05, 3.63) is 78.3 Å². The van der Waals surface area contributed by atoms with Crippen molar-refractivity contribution in [3.63, 3.8) is 0 Å². The van der Waals surface area contributed by atoms with Gasteiger partial charge in [0, 0.05) is 11.3 Å². The quantitative estimate of drug-likeness (QED) is 0.569. The van der Waals surface area contributed by atoms with Crippen LogP contribution < -0.4 is 10.1 Å². The number of nitrogens with zero attached hydrogens (tertiary/aromatic N) is 3. The summed E-state index contributed by atoms with van der Waals surface area (Å²) in [5, 5.41) is 7.10. The van der Waals surface area contributed by atoms with Gasteiger partial charge in [-0.05, 0) is 54.6 Å². The van der Waals surface area contributed by atoms with E-state index in [1.54, 1.807) is 41.3 Å². The number of hydrogen-bond acceptors (Lipinski definition) is 5. The van der Waals surface area contributed by atoms with Crippen LogP contribution >= 0.6 is 0 Å². The van der Waals surface area contributed by atoms with Gasteiger partial charge in [0.1, 0.15) is 5.82 Å². The number of carbonyl (C=O) groups is 1. The van der Waals surface area contributed by atoms with Gasteiger partial charge in [-0.15, -0.1) is 5.10 Å². The Morgan fingerprint density at radius 3 is 2.68 bits per heavy atom. The molecule has 8 heteroatoms. The molecule has 28 heavy (non-hydrogen) atoms. The van der Waals surface area contributed by atoms with E-state index in [1.807, 2.05) is 6.07 Å². The lowest BCUT2D eigenvalue weighted by Crippen LogP contribution is -2.12. The zero-order valence-corrected chi connectivity index (χ0v) is 14.8. The van der Waals surface area contributed by atoms with Crippen LogP contribution in [-0.4, -0.2) is 27.8 Å². The molecule has 0 aliphatic rings. The van der Waals surface area contributed by atoms with Gasteiger partial charge in [0.2, 0.25) is 5.82 Å². The van der Waals surface area contributed by atoms with E-state index in [4.69, 9.17) is 9.15 Å². The molecule has 2 aromatic carbocycles. The maximum atomic E-state index is 13.0. The molecule has 140 valence electrons. The number of nitrogens with one attached hydrogen (secondary N) is 1. The van der Waals surface area contributed by atoms with Gasteiger partial charge < -0.3 is 14.5 Å². The van der Waals surface area contributed by atoms with E-state index in [9.17, 15) is 9.18 Å². The number of halogens is 1. The molecule has 0 aliphatic heterocycles. The van der Waals surface area contributed by atoms with Crippen LogP contribution in [0.1, 0.15) is 10.4 Å². The number of amides is 1. The van der Waals surface area contributed by atoms with E-state index in [-0.39, 0.29) is 11.9 Å². The Balaban J connectivity index is 1.65. The van der Waals surface area contributed by atoms with Gasteiger partial charge in [-0.1, -0.05) is 6.07 Å². The fourth-order valence-electron chi connectivity index (χ4n) is 2.64. The van der Waals surface area contributed by atoms with Crippen molar-refractivity contribution in [2.24, 2.45) is 0 Å². The summed E-state index contributed by atoms with van der Waals surface area (Å²) in [6.07, 6.45) is 1.54. The predicted molar refractivity (Wildman–Crippen MR) is 100.0 cm³/mol. The average molecular weight is 378 g/mol. The van der Waals surface area contributed by atoms with Crippen LogP contribution in [0.3, 0.4) is 0 Å². The summed E-state index contributed by atoms with van der Waals surface area (Å²) >= 11 is 0. The molecular formula is C20H15FN4O3. The van der Waals surface area contributed by atoms with Gasteiger partial charge in [0.05, 0.1) is 19.1 Å². The molecule has 0 unspecified atom stereocenters. The van der Waals surface area contributed by atoms with Gasteiger partial charge >= 0.3 is 6.01 Å². The third kappa shape index (κ3) is 3.48. The van der Waals surface area contributed by atoms with Crippen LogP contribution in [-0.2, 0) is 0 Å². The summed E-state index contributed by atoms with van der Waals surface area (Å²) in [5.74, 6) is 0.240. The molecule has 0 atom stereocenters. The van der Waals surface area contributed by atoms with Crippen LogP contribution in [0.25, 0.3) is 17.3 Å². The second-order valence-electron chi connectivity index (χ2n) is 5.82. The van der Waals surface area contributed by atoms with Crippen molar-refractivity contribution in [2.45, 2.75) is 0 Å². The van der Waals surface area contributed by atoms with E-state index in [0.717, 1.165) is 0 Å². The molecule has 0 saturated heterocycles. The maximum Gasteiger partial charge on any atom is 0.336 e. The molecule has 1 N–H and O–H groups in total. The molecule has 2 heterocycles. The summed E-state index contributed by atoms with van der Waals surface area (Å²) in [5.41, 5.74) is 1.55. The number of benzene rings is 2. The third-order valence-electron chi connectivity index (χ3n) is 3.97. The van der Waals surface area contributed by atoms with E-state index < -0.39 is 5.82 Å². The Morgan fingerprint density at radius 2 is 1.96 bits per heavy atom. The van der Waals surface area contributed by atoms with Gasteiger partial charge in [0.15, 0.2) is 5.76 Å². The second-order valence-corrected chi connectivity index (χ2v) is 5.82. The van der Waals surface area contributed by atoms with Crippen LogP contribution in [0, 0.1) is 5.82 Å². The monoisotopic (exact) mass is 378 g/mol. The number of rotatable bonds is 5. The maximum absolute atomic E-state index is 13.0. The van der Waals surface area contributed by atoms with Crippen molar-refractivity contribution in [2.75, 3.05) is 12.4 Å². The highest BCUT2D eigenvalue weighted by atomic mass is 19.1. The van der Waals surface area contributed by atoms with Crippen molar-refractivity contribution in [1.29, 1.82) is 0 Å². The summed E-state index contributed by atoms with van der Waals surface area (Å²) < 4.78 is 25.2. The lowest BCUT2D eigenvalue weighted by Gasteiger charge is -2.08. The number of anilines is 1. The standard InChI is InChI=1S/C20H15FN4O3/c1-27-20-23-18(17-6-3-11-28-17)25(24-20)16-5-2-4-15(12-16)22-19(26)13-7-9-14(21)10-8-13/h2-12H,1H3,(H,22,26). The van der Waals surface area contributed by atoms with E-state index in [1.165, 1.54) is 31.4 Å². The molecular weight excluding hydrogens is 363 g/mol. The SMILES string of the molecule is COc1nc(-c2ccco2)n(-c2cccc(NC(=O)c3ccc(F)cc3)c2)n1. The van der Waals surface area contributed by atoms with Crippen LogP contribution in [0.4, 0.5) is 10.1 Å². The average Bonchev–Trinajstić information content (AvgIpc) is 3.38. The highest BCUT2D eigenvalue weighted by molar-refractivity contribution is 6.04. The number of ether oxygens (including phenoxy) is 1. The Labute approximate surface area is 159 Å². The zero-order valence-electron chi connectivity index (χ0n) is 14.8. The minimum absolute atomic E-state index is 0.187. The Kier molecular flexibility index (Phi) is 4.59. The molecule has 0 fully saturated rings. The van der Waals surface area contributed by atoms with Gasteiger partial charge in [-0.2, -0.15) is 4.98 Å². The fraction of sp³-hybridized carbons (Fsp3) is 0.0500. The van der Waals surface area contributed by atoms with Crippen LogP contribution in [0.2, 0.25) is 0 Å². The molecule has 2 aromatic heterocycles. The highest BCUT2D eigenvalue weighted by Crippen LogP contribution is 2.25. The van der Waals surface area contributed by atoms with Crippen molar-refractivity contribution in [3.8, 4) is 23.3 Å². The van der Waals surface area contributed by atoms with E-state index in [2.05, 4.69) is 15.4 Å². The number of carbonyl (C=O) groups excluding carboxylic acids is 1. The molecule has 4 aromatic rings. The van der Waals surface area contributed by atoms with E-state index >= 15 is 0 Å². The first-order valence-corrected chi connectivity index (χ1v) is 8.36. The van der Waals surface area contributed by atoms with Crippen LogP contribution in [0.15, 0.2) is 71.3 Å². The minimum Gasteiger partial charge on any atom is -0.466 e. The fourth-order valence-corrected chi connectivity index (χ4v) is 2.64. The number of aromatic nitrogens is 3. The number of furan rings is 1. The molecule has 0 spiro atoms. The molecule has 7 nitrogen and oxygen atoms in total. The molecule has 0 saturated carbocycles. The number of hydrogen-bond donors (Lipinski definition) is 1. The van der Waals surface area contributed by atoms with Gasteiger partial charge in [0.25, 0.3) is 5.91 Å². The Morgan fingerprint density at radius 1 is 1.14 bits per heavy atom. The van der Waals surface area contributed by atoms with Gasteiger partial charge in [-0.3, -0.25) is 4.79 Å². The summed E-state index contributed by atoms with van der Waals surface area (Å²) in [6, 6.07) is 16.1. The van der Waals surface area contributed by atoms with E-state index in [0.29, 0.717) is 28.5 Å². The van der Waals surface area contributed by atoms with Crippen molar-refractivity contribution < 1.29 is 18.3 Å². The molecule has 4 rings (SSSR count). The first-order valence-electron chi connectivity index (χ1n) is 8.36. The van der Waals surface area contributed by atoms with Crippen LogP contribution in [0.5, 0.6) is 6.01 Å². The Bertz CT molecular complexity index is 1100. The lowest BCUT2D eigenvalue weighted by atomic mass is 10.2. The normalized spacial score (nSPS) is 10.6. The highest BCUT2D eigenvalue weighted by Gasteiger charge is 2.17. The number of methoxy groups -OCH3 is 1. The topological polar surface area (TPSA) is 82.2 Å². The third-order valence-corrected chi connectivity index (χ3v) is 3.97. The predicted octanol–water partition coefficient (Wildman–Crippen LogP) is 3.93. The minimum atomic E-state index is -0.399. The molecule has 0 bridgehead atoms. The molecule has 0 aliphatic carbocycles.